The predicted molar refractivity (Wildman–Crippen MR) is 154 cm³/mol. The van der Waals surface area contributed by atoms with Crippen LogP contribution in [-0.2, 0) is 30.5 Å². The van der Waals surface area contributed by atoms with Gasteiger partial charge in [0.25, 0.3) is 5.56 Å². The molecule has 0 aliphatic heterocycles. The zero-order valence-corrected chi connectivity index (χ0v) is 23.4. The zero-order valence-electron chi connectivity index (χ0n) is 23.4. The molecule has 0 amide bonds. The number of halogens is 4. The first-order chi connectivity index (χ1) is 20.4. The minimum atomic E-state index is -4.88. The normalized spacial score (nSPS) is 12.3. The number of hydrogen-bond donors (Lipinski definition) is 2. The first kappa shape index (κ1) is 31.4. The van der Waals surface area contributed by atoms with Crippen LogP contribution in [-0.4, -0.2) is 20.2 Å². The van der Waals surface area contributed by atoms with Gasteiger partial charge in [-0.1, -0.05) is 60.7 Å². The predicted octanol–water partition coefficient (Wildman–Crippen LogP) is 5.69. The Hall–Kier alpha value is -4.51. The number of rotatable bonds is 11. The van der Waals surface area contributed by atoms with Crippen molar-refractivity contribution < 1.29 is 27.5 Å². The molecule has 226 valence electrons. The Morgan fingerprint density at radius 3 is 2.33 bits per heavy atom. The molecule has 7 nitrogen and oxygen atoms in total. The highest BCUT2D eigenvalue weighted by Gasteiger charge is 2.35. The number of aliphatic carboxylic acids is 1. The molecule has 0 radical (unpaired) electrons. The third-order valence-corrected chi connectivity index (χ3v) is 7.36. The average molecular weight is 598 g/mol. The first-order valence-electron chi connectivity index (χ1n) is 13.7. The lowest BCUT2D eigenvalue weighted by Crippen LogP contribution is -2.44. The molecule has 0 bridgehead atoms. The fourth-order valence-electron chi connectivity index (χ4n) is 5.11. The average Bonchev–Trinajstić information content (AvgIpc) is 2.96. The third-order valence-electron chi connectivity index (χ3n) is 7.36. The number of benzene rings is 3. The Bertz CT molecular complexity index is 1730. The van der Waals surface area contributed by atoms with E-state index in [-0.39, 0.29) is 24.2 Å². The molecule has 0 fully saturated rings. The molecule has 11 heteroatoms. The number of hydrogen-bond acceptors (Lipinski definition) is 4. The van der Waals surface area contributed by atoms with Crippen LogP contribution in [0.1, 0.15) is 53.3 Å². The minimum absolute atomic E-state index is 0.0199. The molecule has 3 aromatic carbocycles. The standard InChI is InChI=1S/C32H31F4N3O4/c1-20-29(23-13-7-10-21(17-23)9-5-6-16-28(40)41)30(42)39(19-27(37)22-11-3-2-4-12-22)31(43)38(20)18-24-25(32(34,35)36)14-8-15-26(24)33/h2-4,7-8,10-15,17,27H,5-6,9,16,18-19,37H2,1H3,(H,40,41)/t27-/m0/s1. The molecule has 0 spiro atoms. The second-order valence-corrected chi connectivity index (χ2v) is 10.3. The summed E-state index contributed by atoms with van der Waals surface area (Å²) in [4.78, 5) is 38.5. The highest BCUT2D eigenvalue weighted by molar-refractivity contribution is 5.67. The van der Waals surface area contributed by atoms with Crippen molar-refractivity contribution in [2.75, 3.05) is 0 Å². The summed E-state index contributed by atoms with van der Waals surface area (Å²) in [6.07, 6.45) is -3.30. The van der Waals surface area contributed by atoms with Crippen LogP contribution in [0, 0.1) is 12.7 Å². The van der Waals surface area contributed by atoms with Gasteiger partial charge in [-0.05, 0) is 55.0 Å². The van der Waals surface area contributed by atoms with Crippen LogP contribution in [0.4, 0.5) is 17.6 Å². The van der Waals surface area contributed by atoms with Crippen LogP contribution in [0.3, 0.4) is 0 Å². The number of nitrogens with zero attached hydrogens (tertiary/aromatic N) is 2. The summed E-state index contributed by atoms with van der Waals surface area (Å²) in [6.45, 7) is 0.398. The number of aryl methyl sites for hydroxylation is 1. The maximum Gasteiger partial charge on any atom is 0.416 e. The van der Waals surface area contributed by atoms with E-state index in [9.17, 15) is 31.9 Å². The molecule has 43 heavy (non-hydrogen) atoms. The van der Waals surface area contributed by atoms with E-state index in [2.05, 4.69) is 0 Å². The molecule has 1 atom stereocenters. The maximum absolute atomic E-state index is 14.9. The lowest BCUT2D eigenvalue weighted by Gasteiger charge is -2.21. The Morgan fingerprint density at radius 2 is 1.65 bits per heavy atom. The van der Waals surface area contributed by atoms with E-state index in [0.717, 1.165) is 32.9 Å². The van der Waals surface area contributed by atoms with Gasteiger partial charge in [0.15, 0.2) is 0 Å². The largest absolute Gasteiger partial charge is 0.481 e. The van der Waals surface area contributed by atoms with Crippen molar-refractivity contribution in [3.63, 3.8) is 0 Å². The number of alkyl halides is 3. The second-order valence-electron chi connectivity index (χ2n) is 10.3. The van der Waals surface area contributed by atoms with E-state index >= 15 is 0 Å². The van der Waals surface area contributed by atoms with Gasteiger partial charge in [-0.2, -0.15) is 13.2 Å². The van der Waals surface area contributed by atoms with E-state index in [1.807, 2.05) is 6.07 Å². The van der Waals surface area contributed by atoms with Gasteiger partial charge < -0.3 is 10.8 Å². The highest BCUT2D eigenvalue weighted by Crippen LogP contribution is 2.34. The van der Waals surface area contributed by atoms with E-state index < -0.39 is 52.9 Å². The molecule has 0 aliphatic rings. The second kappa shape index (κ2) is 13.2. The van der Waals surface area contributed by atoms with Crippen molar-refractivity contribution in [3.8, 4) is 11.1 Å². The Morgan fingerprint density at radius 1 is 0.953 bits per heavy atom. The first-order valence-corrected chi connectivity index (χ1v) is 13.7. The number of carboxylic acids is 1. The molecular weight excluding hydrogens is 566 g/mol. The van der Waals surface area contributed by atoms with Gasteiger partial charge in [-0.15, -0.1) is 0 Å². The molecule has 0 unspecified atom stereocenters. The Labute approximate surface area is 244 Å². The molecule has 0 aliphatic carbocycles. The van der Waals surface area contributed by atoms with Crippen LogP contribution >= 0.6 is 0 Å². The Balaban J connectivity index is 1.87. The van der Waals surface area contributed by atoms with Gasteiger partial charge in [0, 0.05) is 23.7 Å². The molecule has 0 saturated carbocycles. The van der Waals surface area contributed by atoms with Crippen molar-refractivity contribution in [1.82, 2.24) is 9.13 Å². The van der Waals surface area contributed by atoms with Crippen LogP contribution < -0.4 is 17.0 Å². The van der Waals surface area contributed by atoms with Crippen molar-refractivity contribution in [2.24, 2.45) is 5.73 Å². The van der Waals surface area contributed by atoms with Gasteiger partial charge in [0.1, 0.15) is 5.82 Å². The van der Waals surface area contributed by atoms with Crippen LogP contribution in [0.5, 0.6) is 0 Å². The number of carbonyl (C=O) groups is 1. The quantitative estimate of drug-likeness (QED) is 0.171. The van der Waals surface area contributed by atoms with E-state index in [1.165, 1.54) is 6.92 Å². The number of nitrogens with two attached hydrogens (primary N) is 1. The monoisotopic (exact) mass is 597 g/mol. The van der Waals surface area contributed by atoms with Crippen molar-refractivity contribution in [3.05, 3.63) is 127 Å². The zero-order chi connectivity index (χ0) is 31.3. The van der Waals surface area contributed by atoms with Crippen molar-refractivity contribution >= 4 is 5.97 Å². The number of aromatic nitrogens is 2. The third kappa shape index (κ3) is 7.29. The molecule has 4 rings (SSSR count). The highest BCUT2D eigenvalue weighted by atomic mass is 19.4. The van der Waals surface area contributed by atoms with Crippen molar-refractivity contribution in [1.29, 1.82) is 0 Å². The summed E-state index contributed by atoms with van der Waals surface area (Å²) in [5.41, 5.74) is 4.80. The van der Waals surface area contributed by atoms with Crippen LogP contribution in [0.25, 0.3) is 11.1 Å². The summed E-state index contributed by atoms with van der Waals surface area (Å²) >= 11 is 0. The van der Waals surface area contributed by atoms with E-state index in [0.29, 0.717) is 30.4 Å². The molecular formula is C32H31F4N3O4. The minimum Gasteiger partial charge on any atom is -0.481 e. The van der Waals surface area contributed by atoms with Gasteiger partial charge in [-0.3, -0.25) is 18.7 Å². The summed E-state index contributed by atoms with van der Waals surface area (Å²) in [5, 5.41) is 8.90. The Kier molecular flexibility index (Phi) is 9.65. The molecule has 1 heterocycles. The molecule has 1 aromatic heterocycles. The van der Waals surface area contributed by atoms with E-state index in [4.69, 9.17) is 10.8 Å². The van der Waals surface area contributed by atoms with E-state index in [1.54, 1.807) is 48.5 Å². The van der Waals surface area contributed by atoms with Gasteiger partial charge in [0.05, 0.1) is 24.2 Å². The lowest BCUT2D eigenvalue weighted by molar-refractivity contribution is -0.138. The van der Waals surface area contributed by atoms with Gasteiger partial charge in [-0.25, -0.2) is 9.18 Å². The smallest absolute Gasteiger partial charge is 0.416 e. The molecule has 0 saturated heterocycles. The summed E-state index contributed by atoms with van der Waals surface area (Å²) in [5.74, 6) is -2.03. The van der Waals surface area contributed by atoms with Crippen LogP contribution in [0.15, 0.2) is 82.4 Å². The van der Waals surface area contributed by atoms with Crippen LogP contribution in [0.2, 0.25) is 0 Å². The molecule has 4 aromatic rings. The number of carboxylic acid groups (broad SMARTS) is 1. The lowest BCUT2D eigenvalue weighted by atomic mass is 9.99. The van der Waals surface area contributed by atoms with Crippen molar-refractivity contribution in [2.45, 2.75) is 57.9 Å². The fraction of sp³-hybridized carbons (Fsp3) is 0.281. The number of unbranched alkanes of at least 4 members (excludes halogenated alkanes) is 1. The summed E-state index contributed by atoms with van der Waals surface area (Å²) in [7, 11) is 0. The summed E-state index contributed by atoms with van der Waals surface area (Å²) < 4.78 is 58.2. The van der Waals surface area contributed by atoms with Gasteiger partial charge >= 0.3 is 17.8 Å². The molecule has 3 N–H and O–H groups in total. The van der Waals surface area contributed by atoms with Gasteiger partial charge in [0.2, 0.25) is 0 Å². The summed E-state index contributed by atoms with van der Waals surface area (Å²) in [6, 6.07) is 17.4. The fourth-order valence-corrected chi connectivity index (χ4v) is 5.11. The maximum atomic E-state index is 14.9. The topological polar surface area (TPSA) is 107 Å². The SMILES string of the molecule is Cc1c(-c2cccc(CCCCC(=O)O)c2)c(=O)n(C[C@H](N)c2ccccc2)c(=O)n1Cc1c(F)cccc1C(F)(F)F.